The molecule has 0 amide bonds. The van der Waals surface area contributed by atoms with Crippen molar-refractivity contribution in [2.24, 2.45) is 0 Å². The molecule has 0 atom stereocenters. The number of piperidine rings is 1. The molecular formula is C13H17BrClNO. The van der Waals surface area contributed by atoms with Gasteiger partial charge in [-0.15, -0.1) is 11.6 Å². The van der Waals surface area contributed by atoms with Crippen LogP contribution in [0.2, 0.25) is 0 Å². The summed E-state index contributed by atoms with van der Waals surface area (Å²) in [6.45, 7) is 2.09. The first kappa shape index (κ1) is 13.2. The molecule has 0 aromatic heterocycles. The lowest BCUT2D eigenvalue weighted by Gasteiger charge is -2.34. The number of anilines is 1. The molecule has 0 spiro atoms. The predicted octanol–water partition coefficient (Wildman–Crippen LogP) is 3.80. The fourth-order valence-electron chi connectivity index (χ4n) is 2.30. The van der Waals surface area contributed by atoms with Gasteiger partial charge in [-0.3, -0.25) is 0 Å². The Morgan fingerprint density at radius 2 is 2.12 bits per heavy atom. The second-order valence-corrected chi connectivity index (χ2v) is 5.51. The Bertz CT molecular complexity index is 378. The SMILES string of the molecule is COC1CCN(c2ccc(Br)cc2CCl)CC1. The van der Waals surface area contributed by atoms with E-state index in [0.717, 1.165) is 30.4 Å². The summed E-state index contributed by atoms with van der Waals surface area (Å²) in [5.74, 6) is 0.555. The van der Waals surface area contributed by atoms with E-state index in [1.54, 1.807) is 7.11 Å². The molecule has 0 aliphatic carbocycles. The molecule has 2 nitrogen and oxygen atoms in total. The molecule has 2 rings (SSSR count). The largest absolute Gasteiger partial charge is 0.381 e. The van der Waals surface area contributed by atoms with Gasteiger partial charge in [-0.25, -0.2) is 0 Å². The van der Waals surface area contributed by atoms with Crippen molar-refractivity contribution < 1.29 is 4.74 Å². The Hall–Kier alpha value is -0.250. The standard InChI is InChI=1S/C13H17BrClNO/c1-17-12-4-6-16(7-5-12)13-3-2-11(14)8-10(13)9-15/h2-3,8,12H,4-7,9H2,1H3. The Morgan fingerprint density at radius 3 is 2.71 bits per heavy atom. The second-order valence-electron chi connectivity index (χ2n) is 4.33. The minimum atomic E-state index is 0.418. The van der Waals surface area contributed by atoms with Crippen LogP contribution in [0.4, 0.5) is 5.69 Å². The minimum absolute atomic E-state index is 0.418. The molecule has 1 aliphatic rings. The van der Waals surface area contributed by atoms with Gasteiger partial charge in [0, 0.05) is 36.2 Å². The Kier molecular flexibility index (Phi) is 4.71. The van der Waals surface area contributed by atoms with Gasteiger partial charge in [-0.2, -0.15) is 0 Å². The first-order chi connectivity index (χ1) is 8.24. The van der Waals surface area contributed by atoms with Crippen molar-refractivity contribution >= 4 is 33.2 Å². The molecule has 0 saturated carbocycles. The number of benzene rings is 1. The summed E-state index contributed by atoms with van der Waals surface area (Å²) in [6, 6.07) is 6.33. The van der Waals surface area contributed by atoms with Gasteiger partial charge in [0.2, 0.25) is 0 Å². The third kappa shape index (κ3) is 3.15. The van der Waals surface area contributed by atoms with E-state index in [-0.39, 0.29) is 0 Å². The van der Waals surface area contributed by atoms with Gasteiger partial charge < -0.3 is 9.64 Å². The highest BCUT2D eigenvalue weighted by Gasteiger charge is 2.20. The van der Waals surface area contributed by atoms with Crippen molar-refractivity contribution in [1.82, 2.24) is 0 Å². The fourth-order valence-corrected chi connectivity index (χ4v) is 2.92. The van der Waals surface area contributed by atoms with Gasteiger partial charge in [0.15, 0.2) is 0 Å². The summed E-state index contributed by atoms with van der Waals surface area (Å²) in [5, 5.41) is 0. The zero-order chi connectivity index (χ0) is 12.3. The van der Waals surface area contributed by atoms with Crippen molar-refractivity contribution in [3.63, 3.8) is 0 Å². The number of halogens is 2. The molecule has 4 heteroatoms. The van der Waals surface area contributed by atoms with Gasteiger partial charge in [0.05, 0.1) is 6.10 Å². The van der Waals surface area contributed by atoms with Crippen LogP contribution in [-0.2, 0) is 10.6 Å². The lowest BCUT2D eigenvalue weighted by molar-refractivity contribution is 0.0819. The lowest BCUT2D eigenvalue weighted by Crippen LogP contribution is -2.37. The molecule has 1 aromatic rings. The van der Waals surface area contributed by atoms with Crippen LogP contribution in [-0.4, -0.2) is 26.3 Å². The molecule has 1 saturated heterocycles. The number of hydrogen-bond donors (Lipinski definition) is 0. The maximum Gasteiger partial charge on any atom is 0.0605 e. The molecule has 94 valence electrons. The summed E-state index contributed by atoms with van der Waals surface area (Å²) in [7, 11) is 1.80. The molecule has 0 radical (unpaired) electrons. The van der Waals surface area contributed by atoms with Gasteiger partial charge >= 0.3 is 0 Å². The number of ether oxygens (including phenoxy) is 1. The lowest BCUT2D eigenvalue weighted by atomic mass is 10.1. The number of nitrogens with zero attached hydrogens (tertiary/aromatic N) is 1. The zero-order valence-corrected chi connectivity index (χ0v) is 12.3. The molecule has 1 heterocycles. The van der Waals surface area contributed by atoms with E-state index in [9.17, 15) is 0 Å². The number of alkyl halides is 1. The molecule has 1 fully saturated rings. The fraction of sp³-hybridized carbons (Fsp3) is 0.538. The van der Waals surface area contributed by atoms with Crippen LogP contribution < -0.4 is 4.90 Å². The van der Waals surface area contributed by atoms with Gasteiger partial charge in [-0.05, 0) is 36.6 Å². The van der Waals surface area contributed by atoms with Gasteiger partial charge in [0.25, 0.3) is 0 Å². The van der Waals surface area contributed by atoms with Crippen molar-refractivity contribution in [3.05, 3.63) is 28.2 Å². The van der Waals surface area contributed by atoms with E-state index >= 15 is 0 Å². The van der Waals surface area contributed by atoms with Gasteiger partial charge in [-0.1, -0.05) is 15.9 Å². The molecule has 0 bridgehead atoms. The number of rotatable bonds is 3. The number of hydrogen-bond acceptors (Lipinski definition) is 2. The summed E-state index contributed by atoms with van der Waals surface area (Å²) >= 11 is 9.49. The van der Waals surface area contributed by atoms with Crippen LogP contribution in [0, 0.1) is 0 Å². The van der Waals surface area contributed by atoms with Crippen LogP contribution in [0.5, 0.6) is 0 Å². The molecule has 0 unspecified atom stereocenters. The predicted molar refractivity (Wildman–Crippen MR) is 75.9 cm³/mol. The minimum Gasteiger partial charge on any atom is -0.381 e. The van der Waals surface area contributed by atoms with Crippen molar-refractivity contribution in [2.75, 3.05) is 25.1 Å². The first-order valence-corrected chi connectivity index (χ1v) is 7.19. The normalized spacial score (nSPS) is 17.5. The number of methoxy groups -OCH3 is 1. The maximum atomic E-state index is 6.01. The first-order valence-electron chi connectivity index (χ1n) is 5.86. The van der Waals surface area contributed by atoms with Crippen molar-refractivity contribution in [3.8, 4) is 0 Å². The third-order valence-corrected chi connectivity index (χ3v) is 4.08. The average molecular weight is 319 g/mol. The molecule has 1 aliphatic heterocycles. The van der Waals surface area contributed by atoms with Crippen LogP contribution in [0.1, 0.15) is 18.4 Å². The highest BCUT2D eigenvalue weighted by atomic mass is 79.9. The topological polar surface area (TPSA) is 12.5 Å². The zero-order valence-electron chi connectivity index (χ0n) is 9.96. The van der Waals surface area contributed by atoms with E-state index in [0.29, 0.717) is 12.0 Å². The quantitative estimate of drug-likeness (QED) is 0.786. The molecule has 0 N–H and O–H groups in total. The molecular weight excluding hydrogens is 302 g/mol. The molecule has 1 aromatic carbocycles. The van der Waals surface area contributed by atoms with E-state index in [1.807, 2.05) is 0 Å². The van der Waals surface area contributed by atoms with Crippen LogP contribution in [0.25, 0.3) is 0 Å². The van der Waals surface area contributed by atoms with Crippen molar-refractivity contribution in [2.45, 2.75) is 24.8 Å². The summed E-state index contributed by atoms with van der Waals surface area (Å²) in [4.78, 5) is 2.40. The van der Waals surface area contributed by atoms with Crippen LogP contribution in [0.3, 0.4) is 0 Å². The van der Waals surface area contributed by atoms with E-state index in [4.69, 9.17) is 16.3 Å². The summed E-state index contributed by atoms with van der Waals surface area (Å²) in [6.07, 6.45) is 2.60. The average Bonchev–Trinajstić information content (AvgIpc) is 2.39. The van der Waals surface area contributed by atoms with Crippen molar-refractivity contribution in [1.29, 1.82) is 0 Å². The van der Waals surface area contributed by atoms with Crippen LogP contribution >= 0.6 is 27.5 Å². The van der Waals surface area contributed by atoms with Gasteiger partial charge in [0.1, 0.15) is 0 Å². The monoisotopic (exact) mass is 317 g/mol. The van der Waals surface area contributed by atoms with E-state index in [2.05, 4.69) is 39.0 Å². The highest BCUT2D eigenvalue weighted by Crippen LogP contribution is 2.28. The second kappa shape index (κ2) is 6.07. The highest BCUT2D eigenvalue weighted by molar-refractivity contribution is 9.10. The third-order valence-electron chi connectivity index (χ3n) is 3.30. The van der Waals surface area contributed by atoms with E-state index < -0.39 is 0 Å². The summed E-state index contributed by atoms with van der Waals surface area (Å²) in [5.41, 5.74) is 2.45. The van der Waals surface area contributed by atoms with E-state index in [1.165, 1.54) is 11.3 Å². The Labute approximate surface area is 116 Å². The Balaban J connectivity index is 2.12. The molecule has 17 heavy (non-hydrogen) atoms. The Morgan fingerprint density at radius 1 is 1.41 bits per heavy atom. The van der Waals surface area contributed by atoms with Crippen LogP contribution in [0.15, 0.2) is 22.7 Å². The summed E-state index contributed by atoms with van der Waals surface area (Å²) < 4.78 is 6.48. The smallest absolute Gasteiger partial charge is 0.0605 e. The maximum absolute atomic E-state index is 6.01.